The van der Waals surface area contributed by atoms with Crippen LogP contribution < -0.4 is 5.32 Å². The van der Waals surface area contributed by atoms with Crippen molar-refractivity contribution >= 4 is 11.3 Å². The third kappa shape index (κ3) is 3.89. The number of benzene rings is 1. The number of thiophene rings is 1. The van der Waals surface area contributed by atoms with Gasteiger partial charge in [0.05, 0.1) is 5.56 Å². The molecule has 4 heteroatoms. The highest BCUT2D eigenvalue weighted by Gasteiger charge is 2.07. The smallest absolute Gasteiger partial charge is 0.140 e. The molecule has 2 aromatic rings. The quantitative estimate of drug-likeness (QED) is 0.908. The van der Waals surface area contributed by atoms with Gasteiger partial charge < -0.3 is 5.32 Å². The van der Waals surface area contributed by atoms with Gasteiger partial charge in [0.15, 0.2) is 0 Å². The summed E-state index contributed by atoms with van der Waals surface area (Å²) in [4.78, 5) is 2.68. The van der Waals surface area contributed by atoms with E-state index < -0.39 is 5.82 Å². The average Bonchev–Trinajstić information content (AvgIpc) is 2.83. The minimum Gasteiger partial charge on any atom is -0.310 e. The predicted octanol–water partition coefficient (Wildman–Crippen LogP) is 3.79. The van der Waals surface area contributed by atoms with Gasteiger partial charge in [-0.2, -0.15) is 5.26 Å². The van der Waals surface area contributed by atoms with Crippen LogP contribution >= 0.6 is 11.3 Å². The maximum absolute atomic E-state index is 13.2. The van der Waals surface area contributed by atoms with Crippen LogP contribution in [-0.2, 0) is 13.0 Å². The van der Waals surface area contributed by atoms with Crippen LogP contribution in [0.15, 0.2) is 30.3 Å². The van der Waals surface area contributed by atoms with Gasteiger partial charge in [-0.15, -0.1) is 11.3 Å². The molecule has 0 aliphatic heterocycles. The molecule has 0 saturated heterocycles. The largest absolute Gasteiger partial charge is 0.310 e. The lowest BCUT2D eigenvalue weighted by molar-refractivity contribution is 0.547. The van der Waals surface area contributed by atoms with Gasteiger partial charge in [0, 0.05) is 22.3 Å². The van der Waals surface area contributed by atoms with E-state index in [1.807, 2.05) is 17.4 Å². The highest BCUT2D eigenvalue weighted by molar-refractivity contribution is 7.11. The van der Waals surface area contributed by atoms with Crippen molar-refractivity contribution in [1.29, 1.82) is 5.26 Å². The molecular weight excluding hydrogens is 271 g/mol. The van der Waals surface area contributed by atoms with Crippen LogP contribution in [0.4, 0.5) is 4.39 Å². The Hall–Kier alpha value is -1.70. The zero-order valence-corrected chi connectivity index (χ0v) is 12.4. The number of aryl methyl sites for hydroxylation is 1. The fraction of sp³-hybridized carbons (Fsp3) is 0.312. The van der Waals surface area contributed by atoms with E-state index in [-0.39, 0.29) is 5.56 Å². The number of rotatable bonds is 5. The molecule has 1 atom stereocenters. The van der Waals surface area contributed by atoms with Crippen molar-refractivity contribution in [3.8, 4) is 6.07 Å². The molecule has 0 aliphatic rings. The number of nitrogens with one attached hydrogen (secondary N) is 1. The Morgan fingerprint density at radius 2 is 2.15 bits per heavy atom. The molecule has 1 unspecified atom stereocenters. The molecule has 1 N–H and O–H groups in total. The summed E-state index contributed by atoms with van der Waals surface area (Å²) in [6.07, 6.45) is 0.977. The van der Waals surface area contributed by atoms with Crippen molar-refractivity contribution in [2.24, 2.45) is 0 Å². The zero-order chi connectivity index (χ0) is 14.5. The molecule has 1 aromatic carbocycles. The molecule has 0 bridgehead atoms. The zero-order valence-electron chi connectivity index (χ0n) is 11.6. The summed E-state index contributed by atoms with van der Waals surface area (Å²) in [6.45, 7) is 4.87. The van der Waals surface area contributed by atoms with E-state index in [0.29, 0.717) is 12.6 Å². The van der Waals surface area contributed by atoms with Crippen LogP contribution in [0.1, 0.15) is 27.8 Å². The first-order valence-corrected chi connectivity index (χ1v) is 7.37. The maximum atomic E-state index is 13.2. The number of hydrogen-bond donors (Lipinski definition) is 1. The molecule has 0 spiro atoms. The summed E-state index contributed by atoms with van der Waals surface area (Å²) < 4.78 is 13.2. The Morgan fingerprint density at radius 1 is 1.35 bits per heavy atom. The molecule has 0 radical (unpaired) electrons. The first-order valence-electron chi connectivity index (χ1n) is 6.55. The lowest BCUT2D eigenvalue weighted by atomic mass is 10.1. The molecule has 0 saturated carbocycles. The summed E-state index contributed by atoms with van der Waals surface area (Å²) >= 11 is 1.81. The van der Waals surface area contributed by atoms with Crippen molar-refractivity contribution < 1.29 is 4.39 Å². The van der Waals surface area contributed by atoms with E-state index in [0.717, 1.165) is 12.0 Å². The second kappa shape index (κ2) is 6.65. The van der Waals surface area contributed by atoms with Crippen LogP contribution in [-0.4, -0.2) is 6.04 Å². The lowest BCUT2D eigenvalue weighted by Gasteiger charge is -2.13. The van der Waals surface area contributed by atoms with E-state index in [1.165, 1.54) is 15.8 Å². The van der Waals surface area contributed by atoms with E-state index in [4.69, 9.17) is 5.26 Å². The molecular formula is C16H17FN2S. The summed E-state index contributed by atoms with van der Waals surface area (Å²) in [5.41, 5.74) is 1.03. The summed E-state index contributed by atoms with van der Waals surface area (Å²) in [5.74, 6) is -0.460. The summed E-state index contributed by atoms with van der Waals surface area (Å²) in [6, 6.07) is 11.2. The second-order valence-electron chi connectivity index (χ2n) is 4.92. The number of nitrogens with zero attached hydrogens (tertiary/aromatic N) is 1. The standard InChI is InChI=1S/C16H17FN2S/c1-11(7-15-5-3-12(2)20-15)19-10-13-4-6-16(17)14(8-13)9-18/h3-6,8,11,19H,7,10H2,1-2H3. The average molecular weight is 288 g/mol. The van der Waals surface area contributed by atoms with Gasteiger partial charge in [-0.25, -0.2) is 4.39 Å². The molecule has 0 fully saturated rings. The van der Waals surface area contributed by atoms with Gasteiger partial charge in [0.25, 0.3) is 0 Å². The molecule has 20 heavy (non-hydrogen) atoms. The summed E-state index contributed by atoms with van der Waals surface area (Å²) in [7, 11) is 0. The van der Waals surface area contributed by atoms with Gasteiger partial charge >= 0.3 is 0 Å². The van der Waals surface area contributed by atoms with Gasteiger partial charge in [-0.3, -0.25) is 0 Å². The Labute approximate surface area is 122 Å². The van der Waals surface area contributed by atoms with E-state index in [9.17, 15) is 4.39 Å². The topological polar surface area (TPSA) is 35.8 Å². The van der Waals surface area contributed by atoms with Gasteiger partial charge in [0.1, 0.15) is 11.9 Å². The summed E-state index contributed by atoms with van der Waals surface area (Å²) in [5, 5.41) is 12.2. The monoisotopic (exact) mass is 288 g/mol. The molecule has 2 rings (SSSR count). The number of nitriles is 1. The predicted molar refractivity (Wildman–Crippen MR) is 80.2 cm³/mol. The van der Waals surface area contributed by atoms with E-state index >= 15 is 0 Å². The minimum absolute atomic E-state index is 0.103. The Balaban J connectivity index is 1.90. The molecule has 1 heterocycles. The van der Waals surface area contributed by atoms with Crippen molar-refractivity contribution in [2.45, 2.75) is 32.9 Å². The van der Waals surface area contributed by atoms with Crippen LogP contribution in [0.3, 0.4) is 0 Å². The van der Waals surface area contributed by atoms with Gasteiger partial charge in [-0.1, -0.05) is 6.07 Å². The maximum Gasteiger partial charge on any atom is 0.140 e. The second-order valence-corrected chi connectivity index (χ2v) is 6.30. The number of hydrogen-bond acceptors (Lipinski definition) is 3. The Bertz CT molecular complexity index is 628. The van der Waals surface area contributed by atoms with Crippen LogP contribution in [0.5, 0.6) is 0 Å². The lowest BCUT2D eigenvalue weighted by Crippen LogP contribution is -2.27. The Morgan fingerprint density at radius 3 is 2.80 bits per heavy atom. The molecule has 0 amide bonds. The first-order chi connectivity index (χ1) is 9.58. The fourth-order valence-electron chi connectivity index (χ4n) is 2.03. The van der Waals surface area contributed by atoms with E-state index in [2.05, 4.69) is 31.3 Å². The highest BCUT2D eigenvalue weighted by Crippen LogP contribution is 2.17. The van der Waals surface area contributed by atoms with Gasteiger partial charge in [0.2, 0.25) is 0 Å². The van der Waals surface area contributed by atoms with Crippen LogP contribution in [0.2, 0.25) is 0 Å². The molecule has 0 aliphatic carbocycles. The third-order valence-corrected chi connectivity index (χ3v) is 4.13. The van der Waals surface area contributed by atoms with Crippen LogP contribution in [0.25, 0.3) is 0 Å². The molecule has 104 valence electrons. The normalized spacial score (nSPS) is 12.1. The van der Waals surface area contributed by atoms with E-state index in [1.54, 1.807) is 12.1 Å². The van der Waals surface area contributed by atoms with Crippen molar-refractivity contribution in [3.05, 3.63) is 57.0 Å². The molecule has 2 nitrogen and oxygen atoms in total. The Kier molecular flexibility index (Phi) is 4.89. The molecule has 1 aromatic heterocycles. The number of halogens is 1. The SMILES string of the molecule is Cc1ccc(CC(C)NCc2ccc(F)c(C#N)c2)s1. The minimum atomic E-state index is -0.460. The van der Waals surface area contributed by atoms with Crippen molar-refractivity contribution in [3.63, 3.8) is 0 Å². The highest BCUT2D eigenvalue weighted by atomic mass is 32.1. The van der Waals surface area contributed by atoms with Crippen molar-refractivity contribution in [2.75, 3.05) is 0 Å². The van der Waals surface area contributed by atoms with Crippen molar-refractivity contribution in [1.82, 2.24) is 5.32 Å². The first kappa shape index (κ1) is 14.7. The van der Waals surface area contributed by atoms with Crippen LogP contribution in [0, 0.1) is 24.1 Å². The third-order valence-electron chi connectivity index (χ3n) is 3.11. The fourth-order valence-corrected chi connectivity index (χ4v) is 3.05. The van der Waals surface area contributed by atoms with Gasteiger partial charge in [-0.05, 0) is 50.1 Å².